The van der Waals surface area contributed by atoms with Gasteiger partial charge in [-0.25, -0.2) is 9.97 Å². The van der Waals surface area contributed by atoms with E-state index in [1.807, 2.05) is 42.7 Å². The SMILES string of the molecule is CC(C)CN(C(=O)c1cnc(C(C)(C)C)nc1NCc1ccco1)[C@@H]1CNCC(C(=O)N2CCOCC2)C1. The van der Waals surface area contributed by atoms with Gasteiger partial charge < -0.3 is 29.6 Å². The Kier molecular flexibility index (Phi) is 9.04. The first-order valence-electron chi connectivity index (χ1n) is 13.7. The Morgan fingerprint density at radius 2 is 2.00 bits per heavy atom. The van der Waals surface area contributed by atoms with E-state index in [4.69, 9.17) is 14.1 Å². The standard InChI is InChI=1S/C28H42N6O4/c1-19(2)18-34(21-13-20(14-29-15-21)25(35)33-8-11-37-12-9-33)26(36)23-17-31-27(28(3,4)5)32-24(23)30-16-22-7-6-10-38-22/h6-7,10,17,19-21,29H,8-9,11-16,18H2,1-5H3,(H,30,31,32)/t20?,21-/m0/s1. The van der Waals surface area contributed by atoms with Crippen LogP contribution in [0.5, 0.6) is 0 Å². The molecule has 2 aliphatic heterocycles. The first kappa shape index (κ1) is 28.0. The molecule has 0 aromatic carbocycles. The summed E-state index contributed by atoms with van der Waals surface area (Å²) in [5, 5.41) is 6.73. The molecular weight excluding hydrogens is 484 g/mol. The predicted molar refractivity (Wildman–Crippen MR) is 145 cm³/mol. The van der Waals surface area contributed by atoms with Crippen molar-refractivity contribution in [2.75, 3.05) is 51.3 Å². The highest BCUT2D eigenvalue weighted by molar-refractivity contribution is 5.98. The molecule has 38 heavy (non-hydrogen) atoms. The zero-order valence-electron chi connectivity index (χ0n) is 23.3. The van der Waals surface area contributed by atoms with Gasteiger partial charge in [-0.3, -0.25) is 9.59 Å². The summed E-state index contributed by atoms with van der Waals surface area (Å²) in [4.78, 5) is 40.5. The van der Waals surface area contributed by atoms with Gasteiger partial charge in [0.1, 0.15) is 23.0 Å². The van der Waals surface area contributed by atoms with Crippen LogP contribution in [-0.4, -0.2) is 83.6 Å². The number of hydrogen-bond donors (Lipinski definition) is 2. The molecule has 2 saturated heterocycles. The summed E-state index contributed by atoms with van der Waals surface area (Å²) in [6.07, 6.45) is 3.89. The van der Waals surface area contributed by atoms with Crippen LogP contribution in [0, 0.1) is 11.8 Å². The fourth-order valence-corrected chi connectivity index (χ4v) is 4.95. The maximum absolute atomic E-state index is 14.1. The highest BCUT2D eigenvalue weighted by atomic mass is 16.5. The third-order valence-corrected chi connectivity index (χ3v) is 6.96. The smallest absolute Gasteiger partial charge is 0.259 e. The van der Waals surface area contributed by atoms with Crippen molar-refractivity contribution in [2.24, 2.45) is 11.8 Å². The monoisotopic (exact) mass is 526 g/mol. The number of piperidine rings is 1. The molecule has 208 valence electrons. The molecule has 10 heteroatoms. The zero-order valence-corrected chi connectivity index (χ0v) is 23.3. The molecule has 10 nitrogen and oxygen atoms in total. The average Bonchev–Trinajstić information content (AvgIpc) is 3.43. The van der Waals surface area contributed by atoms with E-state index >= 15 is 0 Å². The average molecular weight is 527 g/mol. The number of anilines is 1. The molecule has 2 N–H and O–H groups in total. The number of amides is 2. The van der Waals surface area contributed by atoms with Crippen LogP contribution in [0.1, 0.15) is 63.0 Å². The fraction of sp³-hybridized carbons (Fsp3) is 0.643. The summed E-state index contributed by atoms with van der Waals surface area (Å²) < 4.78 is 10.9. The van der Waals surface area contributed by atoms with Crippen molar-refractivity contribution in [2.45, 2.75) is 59.0 Å². The zero-order chi connectivity index (χ0) is 27.3. The highest BCUT2D eigenvalue weighted by Gasteiger charge is 2.36. The lowest BCUT2D eigenvalue weighted by Gasteiger charge is -2.40. The lowest BCUT2D eigenvalue weighted by Crippen LogP contribution is -2.56. The summed E-state index contributed by atoms with van der Waals surface area (Å²) in [6, 6.07) is 3.59. The number of rotatable bonds is 8. The number of hydrogen-bond acceptors (Lipinski definition) is 8. The van der Waals surface area contributed by atoms with Crippen molar-refractivity contribution in [3.63, 3.8) is 0 Å². The lowest BCUT2D eigenvalue weighted by molar-refractivity contribution is -0.140. The molecule has 2 aromatic rings. The molecule has 2 amide bonds. The summed E-state index contributed by atoms with van der Waals surface area (Å²) in [5.41, 5.74) is 0.146. The molecule has 1 unspecified atom stereocenters. The number of ether oxygens (including phenoxy) is 1. The molecule has 0 spiro atoms. The van der Waals surface area contributed by atoms with E-state index in [1.54, 1.807) is 12.5 Å². The summed E-state index contributed by atoms with van der Waals surface area (Å²) in [7, 11) is 0. The van der Waals surface area contributed by atoms with E-state index < -0.39 is 0 Å². The number of carbonyl (C=O) groups excluding carboxylic acids is 2. The first-order valence-corrected chi connectivity index (χ1v) is 13.7. The second-order valence-corrected chi connectivity index (χ2v) is 11.7. The number of furan rings is 1. The minimum atomic E-state index is -0.277. The Bertz CT molecular complexity index is 1080. The van der Waals surface area contributed by atoms with Crippen LogP contribution in [-0.2, 0) is 21.5 Å². The largest absolute Gasteiger partial charge is 0.467 e. The molecular formula is C28H42N6O4. The van der Waals surface area contributed by atoms with Gasteiger partial charge in [0.2, 0.25) is 5.91 Å². The van der Waals surface area contributed by atoms with E-state index in [-0.39, 0.29) is 35.1 Å². The van der Waals surface area contributed by atoms with Gasteiger partial charge in [0.25, 0.3) is 5.91 Å². The molecule has 0 bridgehead atoms. The fourth-order valence-electron chi connectivity index (χ4n) is 4.95. The molecule has 0 radical (unpaired) electrons. The second-order valence-electron chi connectivity index (χ2n) is 11.7. The Balaban J connectivity index is 1.58. The van der Waals surface area contributed by atoms with Crippen LogP contribution < -0.4 is 10.6 Å². The van der Waals surface area contributed by atoms with E-state index in [9.17, 15) is 9.59 Å². The molecule has 2 aromatic heterocycles. The van der Waals surface area contributed by atoms with Crippen LogP contribution in [0.2, 0.25) is 0 Å². The van der Waals surface area contributed by atoms with E-state index in [1.165, 1.54) is 0 Å². The Morgan fingerprint density at radius 3 is 2.66 bits per heavy atom. The van der Waals surface area contributed by atoms with Crippen LogP contribution >= 0.6 is 0 Å². The first-order chi connectivity index (χ1) is 18.1. The highest BCUT2D eigenvalue weighted by Crippen LogP contribution is 2.26. The van der Waals surface area contributed by atoms with Gasteiger partial charge in [0, 0.05) is 50.4 Å². The van der Waals surface area contributed by atoms with Crippen molar-refractivity contribution in [3.8, 4) is 0 Å². The van der Waals surface area contributed by atoms with Gasteiger partial charge in [0.05, 0.1) is 31.9 Å². The van der Waals surface area contributed by atoms with Gasteiger partial charge in [-0.1, -0.05) is 34.6 Å². The van der Waals surface area contributed by atoms with Crippen molar-refractivity contribution >= 4 is 17.6 Å². The van der Waals surface area contributed by atoms with Crippen LogP contribution in [0.25, 0.3) is 0 Å². The van der Waals surface area contributed by atoms with Gasteiger partial charge in [0.15, 0.2) is 0 Å². The molecule has 0 aliphatic carbocycles. The summed E-state index contributed by atoms with van der Waals surface area (Å²) in [5.74, 6) is 1.98. The number of nitrogens with one attached hydrogen (secondary N) is 2. The molecule has 2 atom stereocenters. The number of nitrogens with zero attached hydrogens (tertiary/aromatic N) is 4. The van der Waals surface area contributed by atoms with E-state index in [0.717, 1.165) is 5.76 Å². The number of morpholine rings is 1. The van der Waals surface area contributed by atoms with E-state index in [0.29, 0.717) is 76.1 Å². The van der Waals surface area contributed by atoms with Crippen molar-refractivity contribution < 1.29 is 18.7 Å². The van der Waals surface area contributed by atoms with Crippen molar-refractivity contribution in [1.82, 2.24) is 25.1 Å². The van der Waals surface area contributed by atoms with Gasteiger partial charge in [-0.2, -0.15) is 0 Å². The topological polar surface area (TPSA) is 113 Å². The van der Waals surface area contributed by atoms with Gasteiger partial charge >= 0.3 is 0 Å². The van der Waals surface area contributed by atoms with Gasteiger partial charge in [-0.05, 0) is 24.5 Å². The second kappa shape index (κ2) is 12.3. The minimum Gasteiger partial charge on any atom is -0.467 e. The molecule has 2 aliphatic rings. The predicted octanol–water partition coefficient (Wildman–Crippen LogP) is 2.91. The van der Waals surface area contributed by atoms with Crippen LogP contribution in [0.4, 0.5) is 5.82 Å². The number of aromatic nitrogens is 2. The Morgan fingerprint density at radius 1 is 1.24 bits per heavy atom. The summed E-state index contributed by atoms with van der Waals surface area (Å²) >= 11 is 0. The van der Waals surface area contributed by atoms with Crippen LogP contribution in [0.3, 0.4) is 0 Å². The minimum absolute atomic E-state index is 0.117. The van der Waals surface area contributed by atoms with Gasteiger partial charge in [-0.15, -0.1) is 0 Å². The maximum atomic E-state index is 14.1. The third-order valence-electron chi connectivity index (χ3n) is 6.96. The Labute approximate surface area is 225 Å². The Hall–Kier alpha value is -2.98. The summed E-state index contributed by atoms with van der Waals surface area (Å²) in [6.45, 7) is 15.0. The maximum Gasteiger partial charge on any atom is 0.259 e. The molecule has 4 heterocycles. The molecule has 4 rings (SSSR count). The van der Waals surface area contributed by atoms with Crippen LogP contribution in [0.15, 0.2) is 29.0 Å². The third kappa shape index (κ3) is 6.91. The molecule has 2 fully saturated rings. The quantitative estimate of drug-likeness (QED) is 0.540. The van der Waals surface area contributed by atoms with Crippen molar-refractivity contribution in [1.29, 1.82) is 0 Å². The molecule has 0 saturated carbocycles. The normalized spacial score (nSPS) is 20.4. The van der Waals surface area contributed by atoms with E-state index in [2.05, 4.69) is 29.5 Å². The number of carbonyl (C=O) groups is 2. The lowest BCUT2D eigenvalue weighted by atomic mass is 9.92. The van der Waals surface area contributed by atoms with Crippen molar-refractivity contribution in [3.05, 3.63) is 41.7 Å².